The van der Waals surface area contributed by atoms with E-state index >= 15 is 0 Å². The van der Waals surface area contributed by atoms with Crippen molar-refractivity contribution in [1.82, 2.24) is 0 Å². The Morgan fingerprint density at radius 2 is 2.21 bits per heavy atom. The van der Waals surface area contributed by atoms with Crippen LogP contribution < -0.4 is 11.5 Å². The van der Waals surface area contributed by atoms with Crippen molar-refractivity contribution in [3.05, 3.63) is 34.1 Å². The topological polar surface area (TPSA) is 75.8 Å². The Balaban J connectivity index is 3.23. The molecule has 14 heavy (non-hydrogen) atoms. The summed E-state index contributed by atoms with van der Waals surface area (Å²) < 4.78 is 13.1. The van der Waals surface area contributed by atoms with Crippen LogP contribution in [0.1, 0.15) is 17.2 Å². The molecule has 1 rings (SSSR count). The molecular weight excluding hydrogens is 205 g/mol. The zero-order chi connectivity index (χ0) is 10.7. The van der Waals surface area contributed by atoms with Crippen molar-refractivity contribution in [3.63, 3.8) is 0 Å². The summed E-state index contributed by atoms with van der Waals surface area (Å²) in [5, 5.41) is 8.79. The van der Waals surface area contributed by atoms with Gasteiger partial charge in [0.25, 0.3) is 0 Å². The highest BCUT2D eigenvalue weighted by atomic mass is 35.5. The second-order valence-electron chi connectivity index (χ2n) is 2.81. The Kier molecular flexibility index (Phi) is 3.42. The highest BCUT2D eigenvalue weighted by Crippen LogP contribution is 2.24. The van der Waals surface area contributed by atoms with E-state index in [-0.39, 0.29) is 17.1 Å². The van der Waals surface area contributed by atoms with E-state index < -0.39 is 11.9 Å². The average Bonchev–Trinajstić information content (AvgIpc) is 2.19. The van der Waals surface area contributed by atoms with Gasteiger partial charge in [-0.1, -0.05) is 11.6 Å². The molecule has 0 radical (unpaired) electrons. The van der Waals surface area contributed by atoms with Gasteiger partial charge in [-0.15, -0.1) is 0 Å². The zero-order valence-electron chi connectivity index (χ0n) is 7.30. The summed E-state index contributed by atoms with van der Waals surface area (Å²) >= 11 is 5.80. The summed E-state index contributed by atoms with van der Waals surface area (Å²) in [5.74, 6) is -0.629. The van der Waals surface area contributed by atoms with Crippen LogP contribution >= 0.6 is 11.6 Å². The molecule has 1 aromatic rings. The van der Waals surface area contributed by atoms with Gasteiger partial charge in [0.15, 0.2) is 0 Å². The number of hydrogen-bond donors (Lipinski definition) is 2. The first-order valence-electron chi connectivity index (χ1n) is 3.94. The van der Waals surface area contributed by atoms with Crippen LogP contribution in [-0.2, 0) is 0 Å². The Morgan fingerprint density at radius 3 is 2.71 bits per heavy atom. The first-order valence-corrected chi connectivity index (χ1v) is 4.32. The first-order chi connectivity index (χ1) is 6.60. The third-order valence-corrected chi connectivity index (χ3v) is 2.19. The van der Waals surface area contributed by atoms with Crippen LogP contribution in [0.2, 0.25) is 5.02 Å². The van der Waals surface area contributed by atoms with Gasteiger partial charge in [0.05, 0.1) is 5.56 Å². The van der Waals surface area contributed by atoms with Crippen LogP contribution in [0.15, 0.2) is 12.1 Å². The van der Waals surface area contributed by atoms with E-state index in [1.54, 1.807) is 6.07 Å². The van der Waals surface area contributed by atoms with E-state index in [9.17, 15) is 4.39 Å². The lowest BCUT2D eigenvalue weighted by molar-refractivity contribution is 0.616. The second kappa shape index (κ2) is 4.38. The zero-order valence-corrected chi connectivity index (χ0v) is 8.05. The van der Waals surface area contributed by atoms with Crippen LogP contribution in [-0.4, -0.2) is 6.54 Å². The fraction of sp³-hybridized carbons (Fsp3) is 0.222. The van der Waals surface area contributed by atoms with Gasteiger partial charge in [0, 0.05) is 17.6 Å². The first kappa shape index (κ1) is 10.9. The smallest absolute Gasteiger partial charge is 0.141 e. The average molecular weight is 214 g/mol. The highest BCUT2D eigenvalue weighted by Gasteiger charge is 2.12. The minimum Gasteiger partial charge on any atom is -0.329 e. The van der Waals surface area contributed by atoms with Crippen LogP contribution in [0.25, 0.3) is 0 Å². The van der Waals surface area contributed by atoms with Gasteiger partial charge >= 0.3 is 0 Å². The van der Waals surface area contributed by atoms with E-state index in [1.807, 2.05) is 0 Å². The van der Waals surface area contributed by atoms with Crippen molar-refractivity contribution < 1.29 is 4.39 Å². The lowest BCUT2D eigenvalue weighted by Gasteiger charge is -2.11. The second-order valence-corrected chi connectivity index (χ2v) is 3.21. The third kappa shape index (κ3) is 2.02. The maximum absolute atomic E-state index is 13.1. The fourth-order valence-electron chi connectivity index (χ4n) is 1.06. The number of halogens is 2. The monoisotopic (exact) mass is 213 g/mol. The van der Waals surface area contributed by atoms with Crippen molar-refractivity contribution in [3.8, 4) is 6.07 Å². The molecule has 0 saturated carbocycles. The number of benzene rings is 1. The maximum atomic E-state index is 13.1. The molecule has 3 nitrogen and oxygen atoms in total. The molecule has 1 unspecified atom stereocenters. The summed E-state index contributed by atoms with van der Waals surface area (Å²) in [7, 11) is 0. The van der Waals surface area contributed by atoms with Gasteiger partial charge < -0.3 is 11.5 Å². The molecule has 0 amide bonds. The van der Waals surface area contributed by atoms with Gasteiger partial charge in [0.1, 0.15) is 11.9 Å². The standard InChI is InChI=1S/C9H9ClFN3/c10-7-1-5(3-12)8(11)2-6(7)9(14)4-13/h1-2,9H,4,13-14H2. The molecule has 0 aliphatic heterocycles. The Hall–Kier alpha value is -1.15. The number of nitrogens with zero attached hydrogens (tertiary/aromatic N) is 1. The molecule has 1 atom stereocenters. The molecule has 0 fully saturated rings. The molecule has 74 valence electrons. The predicted molar refractivity (Wildman–Crippen MR) is 52.1 cm³/mol. The van der Waals surface area contributed by atoms with Crippen LogP contribution in [0.4, 0.5) is 4.39 Å². The van der Waals surface area contributed by atoms with Crippen molar-refractivity contribution in [2.45, 2.75) is 6.04 Å². The van der Waals surface area contributed by atoms with Crippen molar-refractivity contribution >= 4 is 11.6 Å². The van der Waals surface area contributed by atoms with Gasteiger partial charge in [-0.25, -0.2) is 4.39 Å². The summed E-state index contributed by atoms with van der Waals surface area (Å²) in [6.45, 7) is 0.172. The van der Waals surface area contributed by atoms with E-state index in [1.165, 1.54) is 6.07 Å². The normalized spacial score (nSPS) is 12.2. The number of rotatable bonds is 2. The number of hydrogen-bond acceptors (Lipinski definition) is 3. The SMILES string of the molecule is N#Cc1cc(Cl)c(C(N)CN)cc1F. The van der Waals surface area contributed by atoms with Crippen molar-refractivity contribution in [2.24, 2.45) is 11.5 Å². The lowest BCUT2D eigenvalue weighted by Crippen LogP contribution is -2.21. The minimum atomic E-state index is -0.629. The molecule has 0 aliphatic rings. The number of nitriles is 1. The minimum absolute atomic E-state index is 0.0945. The Morgan fingerprint density at radius 1 is 1.57 bits per heavy atom. The quantitative estimate of drug-likeness (QED) is 0.778. The van der Waals surface area contributed by atoms with E-state index in [4.69, 9.17) is 28.3 Å². The van der Waals surface area contributed by atoms with Crippen molar-refractivity contribution in [2.75, 3.05) is 6.54 Å². The van der Waals surface area contributed by atoms with Gasteiger partial charge in [-0.3, -0.25) is 0 Å². The van der Waals surface area contributed by atoms with E-state index in [2.05, 4.69) is 0 Å². The summed E-state index contributed by atoms with van der Waals surface area (Å²) in [6, 6.07) is 3.58. The molecule has 1 aromatic carbocycles. The molecule has 5 heteroatoms. The summed E-state index contributed by atoms with van der Waals surface area (Å²) in [4.78, 5) is 0. The van der Waals surface area contributed by atoms with Crippen LogP contribution in [0.3, 0.4) is 0 Å². The van der Waals surface area contributed by atoms with E-state index in [0.717, 1.165) is 6.07 Å². The molecule has 0 aliphatic carbocycles. The van der Waals surface area contributed by atoms with Gasteiger partial charge in [0.2, 0.25) is 0 Å². The largest absolute Gasteiger partial charge is 0.329 e. The molecule has 0 bridgehead atoms. The maximum Gasteiger partial charge on any atom is 0.141 e. The summed E-state index contributed by atoms with van der Waals surface area (Å²) in [5.41, 5.74) is 11.2. The van der Waals surface area contributed by atoms with Gasteiger partial charge in [-0.2, -0.15) is 5.26 Å². The predicted octanol–water partition coefficient (Wildman–Crippen LogP) is 1.31. The molecular formula is C9H9ClFN3. The third-order valence-electron chi connectivity index (χ3n) is 1.86. The van der Waals surface area contributed by atoms with Crippen molar-refractivity contribution in [1.29, 1.82) is 5.26 Å². The van der Waals surface area contributed by atoms with Crippen LogP contribution in [0.5, 0.6) is 0 Å². The molecule has 4 N–H and O–H groups in total. The Bertz CT molecular complexity index is 386. The van der Waals surface area contributed by atoms with E-state index in [0.29, 0.717) is 5.56 Å². The molecule has 0 saturated heterocycles. The fourth-order valence-corrected chi connectivity index (χ4v) is 1.36. The molecule has 0 spiro atoms. The molecule has 0 aromatic heterocycles. The number of nitrogens with two attached hydrogens (primary N) is 2. The molecule has 0 heterocycles. The lowest BCUT2D eigenvalue weighted by atomic mass is 10.1. The summed E-state index contributed by atoms with van der Waals surface area (Å²) in [6.07, 6.45) is 0. The van der Waals surface area contributed by atoms with Crippen LogP contribution in [0, 0.1) is 17.1 Å². The highest BCUT2D eigenvalue weighted by molar-refractivity contribution is 6.31. The van der Waals surface area contributed by atoms with Gasteiger partial charge in [-0.05, 0) is 17.7 Å². The Labute approximate surface area is 86.1 Å².